The van der Waals surface area contributed by atoms with Crippen LogP contribution in [-0.2, 0) is 21.6 Å². The van der Waals surface area contributed by atoms with Gasteiger partial charge in [-0.2, -0.15) is 0 Å². The van der Waals surface area contributed by atoms with Crippen molar-refractivity contribution in [2.75, 3.05) is 6.61 Å². The van der Waals surface area contributed by atoms with E-state index in [1.54, 1.807) is 24.3 Å². The first-order valence-corrected chi connectivity index (χ1v) is 10.1. The third kappa shape index (κ3) is 6.44. The zero-order valence-corrected chi connectivity index (χ0v) is 18.0. The summed E-state index contributed by atoms with van der Waals surface area (Å²) < 4.78 is 16.3. The molecule has 3 rings (SSSR count). The van der Waals surface area contributed by atoms with E-state index in [1.165, 1.54) is 0 Å². The van der Waals surface area contributed by atoms with E-state index in [9.17, 15) is 9.59 Å². The summed E-state index contributed by atoms with van der Waals surface area (Å²) in [5, 5.41) is 0. The van der Waals surface area contributed by atoms with Crippen LogP contribution in [0.2, 0.25) is 0 Å². The quantitative estimate of drug-likeness (QED) is 0.384. The minimum Gasteiger partial charge on any atom is -0.482 e. The lowest BCUT2D eigenvalue weighted by atomic mass is 9.86. The van der Waals surface area contributed by atoms with Gasteiger partial charge in [0.1, 0.15) is 18.1 Å². The number of para-hydroxylation sites is 1. The predicted molar refractivity (Wildman–Crippen MR) is 118 cm³/mol. The summed E-state index contributed by atoms with van der Waals surface area (Å²) in [6, 6.07) is 23.3. The molecule has 0 aromatic heterocycles. The number of rotatable bonds is 7. The maximum atomic E-state index is 12.2. The van der Waals surface area contributed by atoms with Crippen LogP contribution in [0.3, 0.4) is 0 Å². The van der Waals surface area contributed by atoms with Crippen molar-refractivity contribution < 1.29 is 23.8 Å². The van der Waals surface area contributed by atoms with Crippen molar-refractivity contribution in [3.63, 3.8) is 0 Å². The van der Waals surface area contributed by atoms with Crippen LogP contribution in [0.1, 0.15) is 42.3 Å². The summed E-state index contributed by atoms with van der Waals surface area (Å²) in [6.07, 6.45) is 0. The molecule has 5 nitrogen and oxygen atoms in total. The molecule has 0 heterocycles. The number of hydrogen-bond acceptors (Lipinski definition) is 5. The third-order valence-corrected chi connectivity index (χ3v) is 4.58. The van der Waals surface area contributed by atoms with Gasteiger partial charge in [0.05, 0.1) is 5.56 Å². The van der Waals surface area contributed by atoms with E-state index in [2.05, 4.69) is 20.8 Å². The highest BCUT2D eigenvalue weighted by Crippen LogP contribution is 2.30. The van der Waals surface area contributed by atoms with Gasteiger partial charge in [0.25, 0.3) is 0 Å². The zero-order chi connectivity index (χ0) is 22.3. The van der Waals surface area contributed by atoms with Crippen molar-refractivity contribution in [2.24, 2.45) is 0 Å². The average Bonchev–Trinajstić information content (AvgIpc) is 2.77. The van der Waals surface area contributed by atoms with Gasteiger partial charge in [-0.15, -0.1) is 0 Å². The van der Waals surface area contributed by atoms with Crippen LogP contribution in [0.4, 0.5) is 0 Å². The third-order valence-electron chi connectivity index (χ3n) is 4.58. The number of esters is 2. The van der Waals surface area contributed by atoms with E-state index in [4.69, 9.17) is 14.2 Å². The van der Waals surface area contributed by atoms with Crippen molar-refractivity contribution in [1.29, 1.82) is 0 Å². The lowest BCUT2D eigenvalue weighted by molar-refractivity contribution is -0.136. The van der Waals surface area contributed by atoms with Crippen molar-refractivity contribution in [2.45, 2.75) is 32.8 Å². The molecule has 5 heteroatoms. The summed E-state index contributed by atoms with van der Waals surface area (Å²) in [4.78, 5) is 24.4. The second kappa shape index (κ2) is 9.94. The molecule has 0 spiro atoms. The van der Waals surface area contributed by atoms with Crippen LogP contribution >= 0.6 is 0 Å². The Balaban J connectivity index is 1.52. The van der Waals surface area contributed by atoms with Gasteiger partial charge in [-0.25, -0.2) is 9.59 Å². The minimum absolute atomic E-state index is 0.106. The van der Waals surface area contributed by atoms with Gasteiger partial charge in [-0.1, -0.05) is 69.3 Å². The van der Waals surface area contributed by atoms with Crippen LogP contribution < -0.4 is 9.47 Å². The molecule has 0 saturated carbocycles. The number of benzene rings is 3. The highest BCUT2D eigenvalue weighted by molar-refractivity contribution is 5.89. The zero-order valence-electron chi connectivity index (χ0n) is 18.0. The Morgan fingerprint density at radius 3 is 2.13 bits per heavy atom. The highest BCUT2D eigenvalue weighted by Gasteiger charge is 2.19. The summed E-state index contributed by atoms with van der Waals surface area (Å²) in [7, 11) is 0. The Hall–Kier alpha value is -3.60. The largest absolute Gasteiger partial charge is 0.482 e. The Bertz CT molecular complexity index is 1020. The Labute approximate surface area is 182 Å². The van der Waals surface area contributed by atoms with E-state index in [0.717, 1.165) is 11.1 Å². The van der Waals surface area contributed by atoms with E-state index in [0.29, 0.717) is 17.1 Å². The van der Waals surface area contributed by atoms with Crippen LogP contribution in [0, 0.1) is 0 Å². The monoisotopic (exact) mass is 418 g/mol. The molecule has 0 unspecified atom stereocenters. The van der Waals surface area contributed by atoms with E-state index in [-0.39, 0.29) is 18.6 Å². The molecule has 0 saturated heterocycles. The normalized spacial score (nSPS) is 10.9. The lowest BCUT2D eigenvalue weighted by Gasteiger charge is -2.22. The fourth-order valence-corrected chi connectivity index (χ4v) is 2.98. The Morgan fingerprint density at radius 2 is 1.45 bits per heavy atom. The number of carbonyl (C=O) groups is 2. The van der Waals surface area contributed by atoms with Crippen LogP contribution in [-0.4, -0.2) is 18.5 Å². The van der Waals surface area contributed by atoms with Crippen LogP contribution in [0.5, 0.6) is 11.5 Å². The number of carbonyl (C=O) groups excluding carboxylic acids is 2. The molecule has 3 aromatic carbocycles. The topological polar surface area (TPSA) is 61.8 Å². The molecular formula is C26H26O5. The van der Waals surface area contributed by atoms with E-state index in [1.807, 2.05) is 54.6 Å². The molecule has 3 aromatic rings. The molecule has 31 heavy (non-hydrogen) atoms. The maximum Gasteiger partial charge on any atom is 0.349 e. The van der Waals surface area contributed by atoms with Crippen LogP contribution in [0.25, 0.3) is 0 Å². The molecule has 0 fully saturated rings. The van der Waals surface area contributed by atoms with Gasteiger partial charge in [-0.05, 0) is 46.9 Å². The molecular weight excluding hydrogens is 392 g/mol. The summed E-state index contributed by atoms with van der Waals surface area (Å²) >= 11 is 0. The Kier molecular flexibility index (Phi) is 7.08. The first kappa shape index (κ1) is 22.1. The van der Waals surface area contributed by atoms with Crippen molar-refractivity contribution in [3.05, 3.63) is 95.6 Å². The molecule has 0 bridgehead atoms. The molecule has 0 radical (unpaired) electrons. The van der Waals surface area contributed by atoms with E-state index >= 15 is 0 Å². The van der Waals surface area contributed by atoms with Crippen LogP contribution in [0.15, 0.2) is 78.9 Å². The molecule has 0 aliphatic carbocycles. The number of hydrogen-bond donors (Lipinski definition) is 0. The molecule has 0 aliphatic rings. The molecule has 0 amide bonds. The Morgan fingerprint density at radius 1 is 0.806 bits per heavy atom. The van der Waals surface area contributed by atoms with Crippen molar-refractivity contribution >= 4 is 11.9 Å². The molecule has 0 aliphatic heterocycles. The van der Waals surface area contributed by atoms with Gasteiger partial charge in [0.2, 0.25) is 0 Å². The van der Waals surface area contributed by atoms with Crippen molar-refractivity contribution in [3.8, 4) is 11.5 Å². The smallest absolute Gasteiger partial charge is 0.349 e. The molecule has 0 atom stereocenters. The van der Waals surface area contributed by atoms with Gasteiger partial charge in [-0.3, -0.25) is 0 Å². The fourth-order valence-electron chi connectivity index (χ4n) is 2.98. The van der Waals surface area contributed by atoms with E-state index < -0.39 is 11.9 Å². The van der Waals surface area contributed by atoms with Gasteiger partial charge >= 0.3 is 11.9 Å². The molecule has 160 valence electrons. The maximum absolute atomic E-state index is 12.2. The van der Waals surface area contributed by atoms with Gasteiger partial charge in [0, 0.05) is 0 Å². The minimum atomic E-state index is -0.525. The fraction of sp³-hybridized carbons (Fsp3) is 0.231. The van der Waals surface area contributed by atoms with Gasteiger partial charge < -0.3 is 14.2 Å². The summed E-state index contributed by atoms with van der Waals surface area (Å²) in [5.74, 6) is 0.0211. The van der Waals surface area contributed by atoms with Gasteiger partial charge in [0.15, 0.2) is 6.61 Å². The SMILES string of the molecule is CC(C)(C)c1ccccc1OCC(=O)Oc1ccc(C(=O)OCc2ccccc2)cc1. The molecule has 0 N–H and O–H groups in total. The highest BCUT2D eigenvalue weighted by atomic mass is 16.6. The first-order chi connectivity index (χ1) is 14.8. The second-order valence-corrected chi connectivity index (χ2v) is 8.10. The summed E-state index contributed by atoms with van der Waals surface area (Å²) in [5.41, 5.74) is 2.20. The lowest BCUT2D eigenvalue weighted by Crippen LogP contribution is -2.20. The first-order valence-electron chi connectivity index (χ1n) is 10.1. The number of ether oxygens (including phenoxy) is 3. The second-order valence-electron chi connectivity index (χ2n) is 8.10. The standard InChI is InChI=1S/C26H26O5/c1-26(2,3)22-11-7-8-12-23(22)29-18-24(27)31-21-15-13-20(14-16-21)25(28)30-17-19-9-5-4-6-10-19/h4-16H,17-18H2,1-3H3. The predicted octanol–water partition coefficient (Wildman–Crippen LogP) is 5.33. The van der Waals surface area contributed by atoms with Crippen molar-refractivity contribution in [1.82, 2.24) is 0 Å². The average molecular weight is 418 g/mol. The summed E-state index contributed by atoms with van der Waals surface area (Å²) in [6.45, 7) is 6.23.